The third kappa shape index (κ3) is 5.42. The second-order valence-corrected chi connectivity index (χ2v) is 14.5. The van der Waals surface area contributed by atoms with Gasteiger partial charge in [-0.3, -0.25) is 0 Å². The summed E-state index contributed by atoms with van der Waals surface area (Å²) in [6, 6.07) is 76.6. The second kappa shape index (κ2) is 13.2. The highest BCUT2D eigenvalue weighted by molar-refractivity contribution is 6.19. The fourth-order valence-electron chi connectivity index (χ4n) is 8.49. The quantitative estimate of drug-likeness (QED) is 0.171. The molecule has 0 radical (unpaired) electrons. The van der Waals surface area contributed by atoms with Crippen molar-refractivity contribution in [2.75, 3.05) is 4.90 Å². The highest BCUT2D eigenvalue weighted by Crippen LogP contribution is 2.46. The summed E-state index contributed by atoms with van der Waals surface area (Å²) >= 11 is 0. The molecule has 0 aliphatic heterocycles. The Morgan fingerprint density at radius 1 is 0.321 bits per heavy atom. The topological polar surface area (TPSA) is 16.4 Å². The van der Waals surface area contributed by atoms with Gasteiger partial charge >= 0.3 is 0 Å². The molecule has 1 heterocycles. The van der Waals surface area contributed by atoms with Crippen molar-refractivity contribution in [2.24, 2.45) is 0 Å². The summed E-state index contributed by atoms with van der Waals surface area (Å²) in [5.41, 5.74) is 12.0. The minimum absolute atomic E-state index is 0.881. The summed E-state index contributed by atoms with van der Waals surface area (Å²) in [5.74, 6) is 0. The van der Waals surface area contributed by atoms with Crippen molar-refractivity contribution in [2.45, 2.75) is 0 Å². The van der Waals surface area contributed by atoms with Crippen LogP contribution in [0.1, 0.15) is 0 Å². The van der Waals surface area contributed by atoms with Gasteiger partial charge in [-0.2, -0.15) is 0 Å². The molecule has 56 heavy (non-hydrogen) atoms. The molecule has 0 N–H and O–H groups in total. The Hall–Kier alpha value is -7.42. The minimum Gasteiger partial charge on any atom is -0.455 e. The van der Waals surface area contributed by atoms with Crippen LogP contribution in [-0.2, 0) is 0 Å². The van der Waals surface area contributed by atoms with Crippen LogP contribution in [0.2, 0.25) is 0 Å². The number of nitrogens with zero attached hydrogens (tertiary/aromatic N) is 1. The maximum Gasteiger partial charge on any atom is 0.143 e. The van der Waals surface area contributed by atoms with Crippen molar-refractivity contribution in [3.63, 3.8) is 0 Å². The molecule has 0 saturated carbocycles. The van der Waals surface area contributed by atoms with E-state index in [1.54, 1.807) is 0 Å². The number of para-hydroxylation sites is 1. The Kier molecular flexibility index (Phi) is 7.53. The van der Waals surface area contributed by atoms with Crippen LogP contribution in [0.15, 0.2) is 217 Å². The van der Waals surface area contributed by atoms with Crippen molar-refractivity contribution in [3.8, 4) is 33.4 Å². The van der Waals surface area contributed by atoms with Crippen molar-refractivity contribution in [1.82, 2.24) is 0 Å². The zero-order valence-corrected chi connectivity index (χ0v) is 30.6. The Labute approximate surface area is 325 Å². The van der Waals surface area contributed by atoms with E-state index in [0.29, 0.717) is 0 Å². The van der Waals surface area contributed by atoms with Gasteiger partial charge in [-0.25, -0.2) is 0 Å². The molecule has 0 unspecified atom stereocenters. The second-order valence-electron chi connectivity index (χ2n) is 14.5. The van der Waals surface area contributed by atoms with Crippen molar-refractivity contribution < 1.29 is 4.42 Å². The summed E-state index contributed by atoms with van der Waals surface area (Å²) in [7, 11) is 0. The lowest BCUT2D eigenvalue weighted by atomic mass is 9.95. The van der Waals surface area contributed by atoms with Crippen LogP contribution in [-0.4, -0.2) is 0 Å². The van der Waals surface area contributed by atoms with Gasteiger partial charge in [-0.15, -0.1) is 0 Å². The fourth-order valence-corrected chi connectivity index (χ4v) is 8.49. The number of furan rings is 1. The SMILES string of the molecule is c1cc(-c2ccc3ccccc3c2)cc(N(c2cccc(-c3ccc4ccccc4c3)c2)c2ccccc2-c2cccc3oc4c5ccccc5ccc4c23)c1. The molecule has 0 atom stereocenters. The average molecular weight is 714 g/mol. The largest absolute Gasteiger partial charge is 0.455 e. The van der Waals surface area contributed by atoms with E-state index in [4.69, 9.17) is 4.42 Å². The molecule has 2 heteroatoms. The summed E-state index contributed by atoms with van der Waals surface area (Å²) in [6.07, 6.45) is 0. The van der Waals surface area contributed by atoms with Gasteiger partial charge in [0.1, 0.15) is 11.2 Å². The number of fused-ring (bicyclic) bond motifs is 7. The van der Waals surface area contributed by atoms with E-state index in [1.165, 1.54) is 38.1 Å². The summed E-state index contributed by atoms with van der Waals surface area (Å²) < 4.78 is 6.67. The van der Waals surface area contributed by atoms with Gasteiger partial charge in [0.05, 0.1) is 5.69 Å². The summed E-state index contributed by atoms with van der Waals surface area (Å²) in [5, 5.41) is 9.47. The molecule has 0 aliphatic rings. The van der Waals surface area contributed by atoms with E-state index in [1.807, 2.05) is 0 Å². The molecule has 2 nitrogen and oxygen atoms in total. The van der Waals surface area contributed by atoms with E-state index < -0.39 is 0 Å². The normalized spacial score (nSPS) is 11.6. The van der Waals surface area contributed by atoms with E-state index in [-0.39, 0.29) is 0 Å². The van der Waals surface area contributed by atoms with E-state index in [0.717, 1.165) is 66.6 Å². The van der Waals surface area contributed by atoms with Crippen LogP contribution in [0.3, 0.4) is 0 Å². The summed E-state index contributed by atoms with van der Waals surface area (Å²) in [6.45, 7) is 0. The molecule has 0 saturated heterocycles. The first-order chi connectivity index (χ1) is 27.7. The number of anilines is 3. The van der Waals surface area contributed by atoms with Crippen LogP contribution in [0, 0.1) is 0 Å². The highest BCUT2D eigenvalue weighted by atomic mass is 16.3. The Balaban J connectivity index is 1.13. The minimum atomic E-state index is 0.881. The predicted octanol–water partition coefficient (Wildman–Crippen LogP) is 15.5. The standard InChI is InChI=1S/C54H35NO/c1-3-15-39-32-43(28-26-36(39)12-1)41-17-9-19-45(34-41)55(46-20-10-18-42(35-46)44-29-27-37-13-2-4-16-40(37)33-44)51-24-8-7-22-48(51)49-23-11-25-52-53(49)50-31-30-38-14-5-6-21-47(38)54(50)56-52/h1-35H. The number of benzene rings is 10. The molecule has 1 aromatic heterocycles. The lowest BCUT2D eigenvalue weighted by Gasteiger charge is -2.29. The van der Waals surface area contributed by atoms with Crippen molar-refractivity contribution in [1.29, 1.82) is 0 Å². The third-order valence-corrected chi connectivity index (χ3v) is 11.2. The fraction of sp³-hybridized carbons (Fsp3) is 0. The lowest BCUT2D eigenvalue weighted by Crippen LogP contribution is -2.11. The first kappa shape index (κ1) is 32.0. The van der Waals surface area contributed by atoms with Gasteiger partial charge in [0.25, 0.3) is 0 Å². The lowest BCUT2D eigenvalue weighted by molar-refractivity contribution is 0.673. The van der Waals surface area contributed by atoms with E-state index in [2.05, 4.69) is 217 Å². The van der Waals surface area contributed by atoms with E-state index in [9.17, 15) is 0 Å². The van der Waals surface area contributed by atoms with Crippen molar-refractivity contribution in [3.05, 3.63) is 212 Å². The monoisotopic (exact) mass is 713 g/mol. The molecule has 11 rings (SSSR count). The average Bonchev–Trinajstić information content (AvgIpc) is 3.66. The molecule has 0 amide bonds. The first-order valence-corrected chi connectivity index (χ1v) is 19.2. The number of rotatable bonds is 6. The summed E-state index contributed by atoms with van der Waals surface area (Å²) in [4.78, 5) is 2.42. The Morgan fingerprint density at radius 3 is 1.52 bits per heavy atom. The van der Waals surface area contributed by atoms with Gasteiger partial charge in [0, 0.05) is 33.1 Å². The smallest absolute Gasteiger partial charge is 0.143 e. The van der Waals surface area contributed by atoms with Crippen LogP contribution in [0.4, 0.5) is 17.1 Å². The highest BCUT2D eigenvalue weighted by Gasteiger charge is 2.22. The molecular weight excluding hydrogens is 679 g/mol. The molecule has 0 spiro atoms. The molecular formula is C54H35NO. The Bertz CT molecular complexity index is 3160. The van der Waals surface area contributed by atoms with Crippen LogP contribution < -0.4 is 4.90 Å². The Morgan fingerprint density at radius 2 is 0.839 bits per heavy atom. The zero-order valence-electron chi connectivity index (χ0n) is 30.6. The third-order valence-electron chi connectivity index (χ3n) is 11.2. The molecule has 11 aromatic rings. The van der Waals surface area contributed by atoms with Gasteiger partial charge < -0.3 is 9.32 Å². The number of hydrogen-bond acceptors (Lipinski definition) is 2. The molecule has 0 aliphatic carbocycles. The van der Waals surface area contributed by atoms with Crippen LogP contribution in [0.5, 0.6) is 0 Å². The maximum atomic E-state index is 6.67. The molecule has 262 valence electrons. The molecule has 10 aromatic carbocycles. The predicted molar refractivity (Wildman–Crippen MR) is 237 cm³/mol. The number of hydrogen-bond donors (Lipinski definition) is 0. The van der Waals surface area contributed by atoms with Crippen LogP contribution in [0.25, 0.3) is 87.6 Å². The first-order valence-electron chi connectivity index (χ1n) is 19.2. The van der Waals surface area contributed by atoms with Gasteiger partial charge in [-0.1, -0.05) is 158 Å². The van der Waals surface area contributed by atoms with Gasteiger partial charge in [-0.05, 0) is 109 Å². The van der Waals surface area contributed by atoms with Crippen LogP contribution >= 0.6 is 0 Å². The molecule has 0 fully saturated rings. The zero-order chi connectivity index (χ0) is 37.0. The maximum absolute atomic E-state index is 6.67. The van der Waals surface area contributed by atoms with E-state index >= 15 is 0 Å². The van der Waals surface area contributed by atoms with Crippen molar-refractivity contribution >= 4 is 71.3 Å². The van der Waals surface area contributed by atoms with Gasteiger partial charge in [0.2, 0.25) is 0 Å². The molecule has 0 bridgehead atoms. The van der Waals surface area contributed by atoms with Gasteiger partial charge in [0.15, 0.2) is 0 Å².